The maximum atomic E-state index is 13.5. The lowest BCUT2D eigenvalue weighted by molar-refractivity contribution is -0.133. The zero-order valence-electron chi connectivity index (χ0n) is 12.9. The number of carbonyl (C=O) groups excluding carboxylic acids is 2. The summed E-state index contributed by atoms with van der Waals surface area (Å²) in [5, 5.41) is 5.46. The number of benzene rings is 1. The quantitative estimate of drug-likeness (QED) is 0.815. The fourth-order valence-corrected chi connectivity index (χ4v) is 2.33. The van der Waals surface area contributed by atoms with Crippen molar-refractivity contribution in [2.45, 2.75) is 0 Å². The molecule has 0 saturated carbocycles. The minimum Gasteiger partial charge on any atom is -0.339 e. The fraction of sp³-hybridized carbons (Fsp3) is 0.467. The van der Waals surface area contributed by atoms with Gasteiger partial charge in [0.15, 0.2) is 0 Å². The molecule has 0 aliphatic carbocycles. The second-order valence-electron chi connectivity index (χ2n) is 5.48. The number of nitrogens with zero attached hydrogens (tertiary/aromatic N) is 2. The maximum Gasteiger partial charge on any atom is 0.238 e. The molecule has 0 atom stereocenters. The van der Waals surface area contributed by atoms with E-state index in [0.29, 0.717) is 13.1 Å². The van der Waals surface area contributed by atoms with Crippen molar-refractivity contribution in [1.29, 1.82) is 0 Å². The van der Waals surface area contributed by atoms with E-state index in [1.165, 1.54) is 4.90 Å². The Bertz CT molecular complexity index is 577. The molecule has 0 unspecified atom stereocenters. The van der Waals surface area contributed by atoms with E-state index in [0.717, 1.165) is 31.3 Å². The lowest BCUT2D eigenvalue weighted by atomic mass is 10.3. The average Bonchev–Trinajstić information content (AvgIpc) is 2.51. The second-order valence-corrected chi connectivity index (χ2v) is 5.48. The molecule has 2 rings (SSSR count). The summed E-state index contributed by atoms with van der Waals surface area (Å²) in [6.45, 7) is 2.82. The summed E-state index contributed by atoms with van der Waals surface area (Å²) in [4.78, 5) is 27.2. The molecule has 0 aromatic heterocycles. The minimum atomic E-state index is -0.709. The molecule has 1 aromatic rings. The molecule has 126 valence electrons. The largest absolute Gasteiger partial charge is 0.339 e. The number of hydrogen-bond donors (Lipinski definition) is 2. The molecule has 1 aliphatic rings. The summed E-state index contributed by atoms with van der Waals surface area (Å²) in [6, 6.07) is 2.84. The third-order valence-electron chi connectivity index (χ3n) is 3.49. The van der Waals surface area contributed by atoms with E-state index >= 15 is 0 Å². The molecule has 23 heavy (non-hydrogen) atoms. The summed E-state index contributed by atoms with van der Waals surface area (Å²) < 4.78 is 26.5. The van der Waals surface area contributed by atoms with Gasteiger partial charge in [-0.05, 0) is 19.2 Å². The van der Waals surface area contributed by atoms with E-state index < -0.39 is 17.5 Å². The van der Waals surface area contributed by atoms with Crippen LogP contribution in [0.1, 0.15) is 0 Å². The summed E-state index contributed by atoms with van der Waals surface area (Å²) in [5.74, 6) is -1.91. The molecule has 6 nitrogen and oxygen atoms in total. The number of rotatable bonds is 5. The minimum absolute atomic E-state index is 0.0567. The van der Waals surface area contributed by atoms with E-state index in [-0.39, 0.29) is 24.7 Å². The number of carbonyl (C=O) groups is 2. The van der Waals surface area contributed by atoms with Crippen molar-refractivity contribution >= 4 is 17.5 Å². The van der Waals surface area contributed by atoms with Gasteiger partial charge >= 0.3 is 0 Å². The molecule has 1 aromatic carbocycles. The third kappa shape index (κ3) is 5.26. The van der Waals surface area contributed by atoms with Crippen molar-refractivity contribution in [2.75, 3.05) is 51.6 Å². The molecule has 0 spiro atoms. The first kappa shape index (κ1) is 17.3. The van der Waals surface area contributed by atoms with Gasteiger partial charge in [0, 0.05) is 32.2 Å². The first-order chi connectivity index (χ1) is 11.0. The van der Waals surface area contributed by atoms with Crippen LogP contribution >= 0.6 is 0 Å². The molecule has 1 heterocycles. The van der Waals surface area contributed by atoms with Crippen LogP contribution in [0.15, 0.2) is 18.2 Å². The van der Waals surface area contributed by atoms with Gasteiger partial charge in [-0.1, -0.05) is 0 Å². The molecule has 1 aliphatic heterocycles. The van der Waals surface area contributed by atoms with Gasteiger partial charge in [0.1, 0.15) is 11.6 Å². The number of amides is 2. The first-order valence-electron chi connectivity index (χ1n) is 7.37. The van der Waals surface area contributed by atoms with Crippen LogP contribution in [-0.4, -0.2) is 67.9 Å². The van der Waals surface area contributed by atoms with Crippen LogP contribution in [0.3, 0.4) is 0 Å². The predicted molar refractivity (Wildman–Crippen MR) is 81.9 cm³/mol. The van der Waals surface area contributed by atoms with Crippen LogP contribution in [0, 0.1) is 11.6 Å². The molecule has 2 amide bonds. The Morgan fingerprint density at radius 3 is 2.65 bits per heavy atom. The summed E-state index contributed by atoms with van der Waals surface area (Å²) in [6.07, 6.45) is 0. The van der Waals surface area contributed by atoms with Gasteiger partial charge in [-0.2, -0.15) is 0 Å². The van der Waals surface area contributed by atoms with Gasteiger partial charge in [-0.15, -0.1) is 0 Å². The molecule has 0 radical (unpaired) electrons. The van der Waals surface area contributed by atoms with E-state index in [9.17, 15) is 18.4 Å². The zero-order valence-corrected chi connectivity index (χ0v) is 12.9. The van der Waals surface area contributed by atoms with Crippen molar-refractivity contribution in [3.05, 3.63) is 29.8 Å². The van der Waals surface area contributed by atoms with Crippen molar-refractivity contribution < 1.29 is 18.4 Å². The van der Waals surface area contributed by atoms with Crippen molar-refractivity contribution in [2.24, 2.45) is 0 Å². The van der Waals surface area contributed by atoms with Crippen molar-refractivity contribution in [3.63, 3.8) is 0 Å². The highest BCUT2D eigenvalue weighted by atomic mass is 19.1. The Morgan fingerprint density at radius 2 is 1.96 bits per heavy atom. The number of anilines is 1. The maximum absolute atomic E-state index is 13.5. The molecule has 8 heteroatoms. The van der Waals surface area contributed by atoms with E-state index in [1.54, 1.807) is 11.9 Å². The fourth-order valence-electron chi connectivity index (χ4n) is 2.33. The third-order valence-corrected chi connectivity index (χ3v) is 3.49. The van der Waals surface area contributed by atoms with Gasteiger partial charge in [0.05, 0.1) is 18.8 Å². The molecular weight excluding hydrogens is 306 g/mol. The Morgan fingerprint density at radius 1 is 1.26 bits per heavy atom. The van der Waals surface area contributed by atoms with Crippen LogP contribution in [-0.2, 0) is 9.59 Å². The molecule has 1 fully saturated rings. The summed E-state index contributed by atoms with van der Waals surface area (Å²) >= 11 is 0. The standard InChI is InChI=1S/C15H20F2N4O2/c1-20(10-15(23)21-6-4-18-5-7-21)9-14(22)19-13-8-11(16)2-3-12(13)17/h2-3,8,18H,4-7,9-10H2,1H3,(H,19,22). The second kappa shape index (κ2) is 7.98. The number of halogens is 2. The van der Waals surface area contributed by atoms with Crippen LogP contribution in [0.2, 0.25) is 0 Å². The molecule has 2 N–H and O–H groups in total. The number of piperazine rings is 1. The molecule has 0 bridgehead atoms. The zero-order chi connectivity index (χ0) is 16.8. The van der Waals surface area contributed by atoms with E-state index in [1.807, 2.05) is 0 Å². The van der Waals surface area contributed by atoms with Gasteiger partial charge in [0.2, 0.25) is 11.8 Å². The van der Waals surface area contributed by atoms with Gasteiger partial charge in [0.25, 0.3) is 0 Å². The molecule has 1 saturated heterocycles. The Hall–Kier alpha value is -2.06. The van der Waals surface area contributed by atoms with Gasteiger partial charge in [-0.3, -0.25) is 14.5 Å². The lowest BCUT2D eigenvalue weighted by Gasteiger charge is -2.29. The number of hydrogen-bond acceptors (Lipinski definition) is 4. The van der Waals surface area contributed by atoms with Crippen LogP contribution in [0.4, 0.5) is 14.5 Å². The number of likely N-dealkylation sites (N-methyl/N-ethyl adjacent to an activating group) is 1. The highest BCUT2D eigenvalue weighted by Gasteiger charge is 2.19. The SMILES string of the molecule is CN(CC(=O)Nc1cc(F)ccc1F)CC(=O)N1CCNCC1. The van der Waals surface area contributed by atoms with Crippen LogP contribution in [0.25, 0.3) is 0 Å². The van der Waals surface area contributed by atoms with Gasteiger partial charge in [-0.25, -0.2) is 8.78 Å². The summed E-state index contributed by atoms with van der Waals surface area (Å²) in [5.41, 5.74) is -0.211. The Labute approximate surface area is 133 Å². The monoisotopic (exact) mass is 326 g/mol. The lowest BCUT2D eigenvalue weighted by Crippen LogP contribution is -2.49. The highest BCUT2D eigenvalue weighted by Crippen LogP contribution is 2.15. The average molecular weight is 326 g/mol. The van der Waals surface area contributed by atoms with E-state index in [2.05, 4.69) is 10.6 Å². The highest BCUT2D eigenvalue weighted by molar-refractivity contribution is 5.92. The van der Waals surface area contributed by atoms with E-state index in [4.69, 9.17) is 0 Å². The smallest absolute Gasteiger partial charge is 0.238 e. The molecular formula is C15H20F2N4O2. The van der Waals surface area contributed by atoms with Crippen molar-refractivity contribution in [1.82, 2.24) is 15.1 Å². The van der Waals surface area contributed by atoms with Crippen LogP contribution in [0.5, 0.6) is 0 Å². The van der Waals surface area contributed by atoms with Crippen molar-refractivity contribution in [3.8, 4) is 0 Å². The number of nitrogens with one attached hydrogen (secondary N) is 2. The normalized spacial score (nSPS) is 14.9. The Balaban J connectivity index is 1.82. The Kier molecular flexibility index (Phi) is 6.00. The topological polar surface area (TPSA) is 64.7 Å². The first-order valence-corrected chi connectivity index (χ1v) is 7.37. The predicted octanol–water partition coefficient (Wildman–Crippen LogP) is 0.267. The van der Waals surface area contributed by atoms with Gasteiger partial charge < -0.3 is 15.5 Å². The van der Waals surface area contributed by atoms with Crippen LogP contribution < -0.4 is 10.6 Å². The summed E-state index contributed by atoms with van der Waals surface area (Å²) in [7, 11) is 1.63.